The zero-order valence-corrected chi connectivity index (χ0v) is 17.2. The molecule has 0 bridgehead atoms. The van der Waals surface area contributed by atoms with E-state index in [0.717, 1.165) is 6.42 Å². The Balaban J connectivity index is 1.58. The van der Waals surface area contributed by atoms with Gasteiger partial charge < -0.3 is 19.7 Å². The van der Waals surface area contributed by atoms with Crippen molar-refractivity contribution in [2.45, 2.75) is 26.2 Å². The summed E-state index contributed by atoms with van der Waals surface area (Å²) in [5.41, 5.74) is 2.50. The second-order valence-electron chi connectivity index (χ2n) is 7.17. The van der Waals surface area contributed by atoms with Crippen molar-refractivity contribution in [3.05, 3.63) is 53.6 Å². The second-order valence-corrected chi connectivity index (χ2v) is 7.17. The van der Waals surface area contributed by atoms with Gasteiger partial charge in [0.25, 0.3) is 5.91 Å². The Labute approximate surface area is 171 Å². The number of anilines is 1. The molecule has 1 N–H and O–H groups in total. The van der Waals surface area contributed by atoms with Gasteiger partial charge in [-0.3, -0.25) is 9.59 Å². The van der Waals surface area contributed by atoms with E-state index in [1.807, 2.05) is 29.2 Å². The molecule has 3 rings (SSSR count). The number of piperidine rings is 1. The number of nitrogens with one attached hydrogen (secondary N) is 1. The lowest BCUT2D eigenvalue weighted by atomic mass is 9.95. The number of rotatable bonds is 6. The van der Waals surface area contributed by atoms with Crippen LogP contribution in [0.25, 0.3) is 0 Å². The van der Waals surface area contributed by atoms with Crippen LogP contribution in [0.2, 0.25) is 0 Å². The summed E-state index contributed by atoms with van der Waals surface area (Å²) in [5.74, 6) is 1.06. The molecule has 1 aliphatic heterocycles. The fourth-order valence-corrected chi connectivity index (χ4v) is 3.56. The molecule has 0 radical (unpaired) electrons. The molecule has 1 heterocycles. The molecule has 29 heavy (non-hydrogen) atoms. The van der Waals surface area contributed by atoms with Crippen LogP contribution in [0.4, 0.5) is 5.69 Å². The number of hydrogen-bond donors (Lipinski definition) is 1. The minimum atomic E-state index is -0.141. The highest BCUT2D eigenvalue weighted by molar-refractivity contribution is 5.96. The highest BCUT2D eigenvalue weighted by Crippen LogP contribution is 2.30. The Morgan fingerprint density at radius 2 is 1.72 bits per heavy atom. The molecule has 1 fully saturated rings. The Morgan fingerprint density at radius 3 is 2.31 bits per heavy atom. The van der Waals surface area contributed by atoms with Gasteiger partial charge in [-0.2, -0.15) is 0 Å². The lowest BCUT2D eigenvalue weighted by Crippen LogP contribution is -2.41. The number of likely N-dealkylation sites (tertiary alicyclic amines) is 1. The second kappa shape index (κ2) is 9.45. The number of hydrogen-bond acceptors (Lipinski definition) is 4. The molecule has 0 spiro atoms. The zero-order valence-electron chi connectivity index (χ0n) is 17.2. The van der Waals surface area contributed by atoms with Crippen molar-refractivity contribution in [1.82, 2.24) is 4.90 Å². The molecule has 0 aromatic heterocycles. The highest BCUT2D eigenvalue weighted by Gasteiger charge is 2.28. The van der Waals surface area contributed by atoms with Crippen LogP contribution in [-0.2, 0) is 11.2 Å². The molecule has 2 aromatic rings. The van der Waals surface area contributed by atoms with E-state index in [0.29, 0.717) is 48.7 Å². The topological polar surface area (TPSA) is 67.9 Å². The van der Waals surface area contributed by atoms with Crippen LogP contribution in [0, 0.1) is 5.92 Å². The van der Waals surface area contributed by atoms with Gasteiger partial charge in [0.05, 0.1) is 19.9 Å². The quantitative estimate of drug-likeness (QED) is 0.807. The first-order valence-electron chi connectivity index (χ1n) is 9.96. The third kappa shape index (κ3) is 4.88. The van der Waals surface area contributed by atoms with Crippen LogP contribution in [0.3, 0.4) is 0 Å². The summed E-state index contributed by atoms with van der Waals surface area (Å²) in [4.78, 5) is 27.3. The molecule has 2 amide bonds. The van der Waals surface area contributed by atoms with Crippen molar-refractivity contribution in [3.8, 4) is 11.5 Å². The first kappa shape index (κ1) is 20.7. The van der Waals surface area contributed by atoms with Crippen molar-refractivity contribution in [2.24, 2.45) is 5.92 Å². The van der Waals surface area contributed by atoms with Gasteiger partial charge in [0.1, 0.15) is 11.5 Å². The summed E-state index contributed by atoms with van der Waals surface area (Å²) in [6, 6.07) is 13.1. The van der Waals surface area contributed by atoms with Crippen molar-refractivity contribution >= 4 is 17.5 Å². The van der Waals surface area contributed by atoms with E-state index in [4.69, 9.17) is 9.47 Å². The van der Waals surface area contributed by atoms with E-state index in [9.17, 15) is 9.59 Å². The van der Waals surface area contributed by atoms with E-state index in [1.54, 1.807) is 32.4 Å². The predicted molar refractivity (Wildman–Crippen MR) is 113 cm³/mol. The molecule has 154 valence electrons. The summed E-state index contributed by atoms with van der Waals surface area (Å²) in [6.07, 6.45) is 2.22. The van der Waals surface area contributed by atoms with E-state index >= 15 is 0 Å². The first-order valence-corrected chi connectivity index (χ1v) is 9.96. The molecule has 2 aromatic carbocycles. The largest absolute Gasteiger partial charge is 0.497 e. The lowest BCUT2D eigenvalue weighted by Gasteiger charge is -2.31. The third-order valence-electron chi connectivity index (χ3n) is 5.43. The maximum atomic E-state index is 12.7. The lowest BCUT2D eigenvalue weighted by molar-refractivity contribution is -0.121. The number of ether oxygens (including phenoxy) is 2. The van der Waals surface area contributed by atoms with Gasteiger partial charge >= 0.3 is 0 Å². The number of benzene rings is 2. The molecule has 6 heteroatoms. The van der Waals surface area contributed by atoms with E-state index < -0.39 is 0 Å². The van der Waals surface area contributed by atoms with Crippen LogP contribution in [0.15, 0.2) is 42.5 Å². The molecular weight excluding hydrogens is 368 g/mol. The summed E-state index contributed by atoms with van der Waals surface area (Å²) in [7, 11) is 3.14. The van der Waals surface area contributed by atoms with Gasteiger partial charge in [-0.05, 0) is 49.1 Å². The Morgan fingerprint density at radius 1 is 1.03 bits per heavy atom. The van der Waals surface area contributed by atoms with Crippen LogP contribution in [-0.4, -0.2) is 44.0 Å². The number of carbonyl (C=O) groups is 2. The standard InChI is InChI=1S/C23H28N2O4/c1-4-16-5-7-18(8-6-16)23(27)25-13-11-17(12-14-25)22(26)24-20-15-19(28-2)9-10-21(20)29-3/h5-10,15,17H,4,11-14H2,1-3H3,(H,24,26). The number of nitrogens with zero attached hydrogens (tertiary/aromatic N) is 1. The highest BCUT2D eigenvalue weighted by atomic mass is 16.5. The van der Waals surface area contributed by atoms with Gasteiger partial charge in [-0.25, -0.2) is 0 Å². The van der Waals surface area contributed by atoms with Crippen LogP contribution in [0.5, 0.6) is 11.5 Å². The van der Waals surface area contributed by atoms with Gasteiger partial charge in [0.15, 0.2) is 0 Å². The number of carbonyl (C=O) groups excluding carboxylic acids is 2. The summed E-state index contributed by atoms with van der Waals surface area (Å²) < 4.78 is 10.6. The molecule has 6 nitrogen and oxygen atoms in total. The summed E-state index contributed by atoms with van der Waals surface area (Å²) in [5, 5.41) is 2.95. The number of amides is 2. The smallest absolute Gasteiger partial charge is 0.253 e. The fraction of sp³-hybridized carbons (Fsp3) is 0.391. The van der Waals surface area contributed by atoms with E-state index in [1.165, 1.54) is 5.56 Å². The summed E-state index contributed by atoms with van der Waals surface area (Å²) >= 11 is 0. The minimum Gasteiger partial charge on any atom is -0.497 e. The normalized spacial score (nSPS) is 14.4. The van der Waals surface area contributed by atoms with Gasteiger partial charge in [0, 0.05) is 30.6 Å². The van der Waals surface area contributed by atoms with Gasteiger partial charge in [-0.15, -0.1) is 0 Å². The average molecular weight is 396 g/mol. The van der Waals surface area contributed by atoms with E-state index in [-0.39, 0.29) is 17.7 Å². The van der Waals surface area contributed by atoms with Crippen molar-refractivity contribution < 1.29 is 19.1 Å². The predicted octanol–water partition coefficient (Wildman–Crippen LogP) is 3.76. The third-order valence-corrected chi connectivity index (χ3v) is 5.43. The zero-order chi connectivity index (χ0) is 20.8. The monoisotopic (exact) mass is 396 g/mol. The minimum absolute atomic E-state index is 0.0287. The Hall–Kier alpha value is -3.02. The molecule has 0 atom stereocenters. The maximum Gasteiger partial charge on any atom is 0.253 e. The molecule has 1 aliphatic rings. The number of aryl methyl sites for hydroxylation is 1. The Kier molecular flexibility index (Phi) is 6.75. The van der Waals surface area contributed by atoms with Crippen LogP contribution in [0.1, 0.15) is 35.7 Å². The first-order chi connectivity index (χ1) is 14.0. The molecule has 0 aliphatic carbocycles. The molecule has 1 saturated heterocycles. The van der Waals surface area contributed by atoms with E-state index in [2.05, 4.69) is 12.2 Å². The fourth-order valence-electron chi connectivity index (χ4n) is 3.56. The molecule has 0 saturated carbocycles. The molecular formula is C23H28N2O4. The van der Waals surface area contributed by atoms with Crippen molar-refractivity contribution in [1.29, 1.82) is 0 Å². The van der Waals surface area contributed by atoms with Crippen LogP contribution >= 0.6 is 0 Å². The van der Waals surface area contributed by atoms with Crippen molar-refractivity contribution in [3.63, 3.8) is 0 Å². The van der Waals surface area contributed by atoms with Gasteiger partial charge in [-0.1, -0.05) is 19.1 Å². The van der Waals surface area contributed by atoms with Crippen LogP contribution < -0.4 is 14.8 Å². The maximum absolute atomic E-state index is 12.7. The Bertz CT molecular complexity index is 856. The van der Waals surface area contributed by atoms with Crippen molar-refractivity contribution in [2.75, 3.05) is 32.6 Å². The molecule has 0 unspecified atom stereocenters. The SMILES string of the molecule is CCc1ccc(C(=O)N2CCC(C(=O)Nc3cc(OC)ccc3OC)CC2)cc1. The number of methoxy groups -OCH3 is 2. The summed E-state index contributed by atoms with van der Waals surface area (Å²) in [6.45, 7) is 3.23. The average Bonchev–Trinajstić information content (AvgIpc) is 2.78. The van der Waals surface area contributed by atoms with Gasteiger partial charge in [0.2, 0.25) is 5.91 Å².